The Hall–Kier alpha value is -2.42. The van der Waals surface area contributed by atoms with Crippen LogP contribution >= 0.6 is 0 Å². The van der Waals surface area contributed by atoms with E-state index in [9.17, 15) is 5.11 Å². The first-order chi connectivity index (χ1) is 14.1. The third kappa shape index (κ3) is 4.95. The van der Waals surface area contributed by atoms with Crippen LogP contribution in [0.15, 0.2) is 36.4 Å². The van der Waals surface area contributed by atoms with Crippen LogP contribution in [0.2, 0.25) is 0 Å². The van der Waals surface area contributed by atoms with E-state index in [1.807, 2.05) is 4.90 Å². The van der Waals surface area contributed by atoms with Gasteiger partial charge in [-0.3, -0.25) is 4.90 Å². The van der Waals surface area contributed by atoms with Gasteiger partial charge in [0.25, 0.3) is 0 Å². The van der Waals surface area contributed by atoms with E-state index in [-0.39, 0.29) is 12.0 Å². The van der Waals surface area contributed by atoms with E-state index in [1.54, 1.807) is 6.07 Å². The lowest BCUT2D eigenvalue weighted by atomic mass is 9.99. The largest absolute Gasteiger partial charge is 0.390 e. The molecule has 4 rings (SSSR count). The van der Waals surface area contributed by atoms with Gasteiger partial charge in [0.15, 0.2) is 0 Å². The van der Waals surface area contributed by atoms with E-state index in [1.165, 1.54) is 5.56 Å². The molecule has 0 radical (unpaired) electrons. The summed E-state index contributed by atoms with van der Waals surface area (Å²) in [7, 11) is 0. The molecule has 2 atom stereocenters. The zero-order valence-electron chi connectivity index (χ0n) is 16.8. The Morgan fingerprint density at radius 2 is 1.76 bits per heavy atom. The number of benzene rings is 1. The second kappa shape index (κ2) is 8.94. The van der Waals surface area contributed by atoms with Crippen LogP contribution in [-0.4, -0.2) is 82.8 Å². The van der Waals surface area contributed by atoms with Gasteiger partial charge in [-0.2, -0.15) is 9.97 Å². The summed E-state index contributed by atoms with van der Waals surface area (Å²) in [6.07, 6.45) is 1.57. The number of piperazine rings is 1. The van der Waals surface area contributed by atoms with E-state index in [4.69, 9.17) is 11.5 Å². The zero-order chi connectivity index (χ0) is 20.2. The topological polar surface area (TPSA) is 108 Å². The summed E-state index contributed by atoms with van der Waals surface area (Å²) in [5.41, 5.74) is 12.9. The van der Waals surface area contributed by atoms with Crippen LogP contribution in [0.4, 0.5) is 17.6 Å². The molecule has 156 valence electrons. The van der Waals surface area contributed by atoms with Crippen LogP contribution in [0.25, 0.3) is 0 Å². The lowest BCUT2D eigenvalue weighted by molar-refractivity contribution is 0.00968. The molecule has 8 nitrogen and oxygen atoms in total. The molecule has 0 saturated carbocycles. The third-order valence-corrected chi connectivity index (χ3v) is 6.06. The van der Waals surface area contributed by atoms with Gasteiger partial charge in [-0.05, 0) is 18.4 Å². The summed E-state index contributed by atoms with van der Waals surface area (Å²) < 4.78 is 0. The van der Waals surface area contributed by atoms with Gasteiger partial charge in [0, 0.05) is 57.9 Å². The lowest BCUT2D eigenvalue weighted by Gasteiger charge is -2.45. The molecule has 2 aliphatic rings. The molecule has 0 unspecified atom stereocenters. The molecule has 2 aliphatic heterocycles. The van der Waals surface area contributed by atoms with Crippen molar-refractivity contribution in [1.29, 1.82) is 0 Å². The van der Waals surface area contributed by atoms with Gasteiger partial charge in [0.05, 0.1) is 6.10 Å². The first kappa shape index (κ1) is 19.9. The number of nitrogens with two attached hydrogens (primary N) is 2. The summed E-state index contributed by atoms with van der Waals surface area (Å²) >= 11 is 0. The molecule has 1 aromatic heterocycles. The standard InChI is InChI=1S/C21H31N7O/c22-19-14-20(25-21(23)24-19)28-9-7-17(18(29)15-28)27-12-10-26(11-13-27)8-6-16-4-2-1-3-5-16/h1-5,14,17-18,29H,6-13,15H2,(H4,22,23,24,25)/t17-,18-/m0/s1. The van der Waals surface area contributed by atoms with Crippen molar-refractivity contribution in [3.8, 4) is 0 Å². The Balaban J connectivity index is 1.26. The number of aromatic nitrogens is 2. The van der Waals surface area contributed by atoms with Gasteiger partial charge < -0.3 is 26.4 Å². The molecule has 8 heteroatoms. The second-order valence-corrected chi connectivity index (χ2v) is 7.99. The molecule has 2 aromatic rings. The highest BCUT2D eigenvalue weighted by Gasteiger charge is 2.34. The molecule has 2 fully saturated rings. The number of anilines is 3. The van der Waals surface area contributed by atoms with Gasteiger partial charge in [-0.15, -0.1) is 0 Å². The maximum Gasteiger partial charge on any atom is 0.223 e. The quantitative estimate of drug-likeness (QED) is 0.667. The fraction of sp³-hybridized carbons (Fsp3) is 0.524. The fourth-order valence-electron chi connectivity index (χ4n) is 4.44. The predicted molar refractivity (Wildman–Crippen MR) is 116 cm³/mol. The number of piperidine rings is 1. The van der Waals surface area contributed by atoms with Gasteiger partial charge in [0.2, 0.25) is 5.95 Å². The molecular weight excluding hydrogens is 366 g/mol. The molecule has 0 aliphatic carbocycles. The van der Waals surface area contributed by atoms with Crippen LogP contribution < -0.4 is 16.4 Å². The van der Waals surface area contributed by atoms with Crippen LogP contribution in [-0.2, 0) is 6.42 Å². The number of hydrogen-bond donors (Lipinski definition) is 3. The van der Waals surface area contributed by atoms with Crippen molar-refractivity contribution in [3.05, 3.63) is 42.0 Å². The molecule has 3 heterocycles. The molecule has 0 spiro atoms. The molecule has 0 bridgehead atoms. The van der Waals surface area contributed by atoms with Crippen LogP contribution in [0.3, 0.4) is 0 Å². The second-order valence-electron chi connectivity index (χ2n) is 7.99. The maximum absolute atomic E-state index is 10.8. The molecular formula is C21H31N7O. The smallest absolute Gasteiger partial charge is 0.223 e. The minimum Gasteiger partial charge on any atom is -0.390 e. The van der Waals surface area contributed by atoms with Crippen LogP contribution in [0, 0.1) is 0 Å². The molecule has 2 saturated heterocycles. The number of hydrogen-bond acceptors (Lipinski definition) is 8. The minimum atomic E-state index is -0.419. The number of aliphatic hydroxyl groups is 1. The van der Waals surface area contributed by atoms with Crippen molar-refractivity contribution >= 4 is 17.6 Å². The van der Waals surface area contributed by atoms with E-state index in [2.05, 4.69) is 50.1 Å². The average molecular weight is 398 g/mol. The first-order valence-electron chi connectivity index (χ1n) is 10.4. The Labute approximate surface area is 172 Å². The van der Waals surface area contributed by atoms with Crippen LogP contribution in [0.1, 0.15) is 12.0 Å². The predicted octanol–water partition coefficient (Wildman–Crippen LogP) is 0.441. The summed E-state index contributed by atoms with van der Waals surface area (Å²) in [5, 5.41) is 10.8. The van der Waals surface area contributed by atoms with Gasteiger partial charge in [-0.1, -0.05) is 30.3 Å². The Bertz CT molecular complexity index is 775. The van der Waals surface area contributed by atoms with Crippen molar-refractivity contribution < 1.29 is 5.11 Å². The fourth-order valence-corrected chi connectivity index (χ4v) is 4.44. The summed E-state index contributed by atoms with van der Waals surface area (Å²) in [6, 6.07) is 12.6. The van der Waals surface area contributed by atoms with Crippen molar-refractivity contribution in [2.24, 2.45) is 0 Å². The first-order valence-corrected chi connectivity index (χ1v) is 10.4. The van der Waals surface area contributed by atoms with E-state index in [0.29, 0.717) is 18.2 Å². The third-order valence-electron chi connectivity index (χ3n) is 6.06. The van der Waals surface area contributed by atoms with Crippen molar-refractivity contribution in [1.82, 2.24) is 19.8 Å². The molecule has 1 aromatic carbocycles. The van der Waals surface area contributed by atoms with E-state index < -0.39 is 6.10 Å². The van der Waals surface area contributed by atoms with Crippen LogP contribution in [0.5, 0.6) is 0 Å². The number of rotatable bonds is 5. The van der Waals surface area contributed by atoms with Gasteiger partial charge in [0.1, 0.15) is 11.6 Å². The Morgan fingerprint density at radius 1 is 1.00 bits per heavy atom. The highest BCUT2D eigenvalue weighted by molar-refractivity contribution is 5.50. The zero-order valence-corrected chi connectivity index (χ0v) is 16.8. The normalized spacial score (nSPS) is 24.0. The number of nitrogen functional groups attached to an aromatic ring is 2. The highest BCUT2D eigenvalue weighted by atomic mass is 16.3. The van der Waals surface area contributed by atoms with Gasteiger partial charge in [-0.25, -0.2) is 0 Å². The summed E-state index contributed by atoms with van der Waals surface area (Å²) in [5.74, 6) is 1.22. The molecule has 5 N–H and O–H groups in total. The lowest BCUT2D eigenvalue weighted by Crippen LogP contribution is -2.59. The van der Waals surface area contributed by atoms with E-state index >= 15 is 0 Å². The maximum atomic E-state index is 10.8. The summed E-state index contributed by atoms with van der Waals surface area (Å²) in [4.78, 5) is 15.2. The monoisotopic (exact) mass is 397 g/mol. The average Bonchev–Trinajstić information content (AvgIpc) is 2.73. The number of nitrogens with zero attached hydrogens (tertiary/aromatic N) is 5. The molecule has 29 heavy (non-hydrogen) atoms. The Kier molecular flexibility index (Phi) is 6.13. The number of aliphatic hydroxyl groups excluding tert-OH is 1. The minimum absolute atomic E-state index is 0.170. The van der Waals surface area contributed by atoms with Crippen molar-refractivity contribution in [2.75, 3.05) is 62.2 Å². The summed E-state index contributed by atoms with van der Waals surface area (Å²) in [6.45, 7) is 6.57. The van der Waals surface area contributed by atoms with E-state index in [0.717, 1.165) is 52.1 Å². The van der Waals surface area contributed by atoms with Crippen molar-refractivity contribution in [2.45, 2.75) is 25.0 Å². The molecule has 0 amide bonds. The SMILES string of the molecule is Nc1cc(N2CC[C@H](N3CCN(CCc4ccccc4)CC3)[C@@H](O)C2)nc(N)n1. The Morgan fingerprint density at radius 3 is 2.45 bits per heavy atom. The number of β-amino-alcohol motifs (C(OH)–C–C–N with tert-alkyl or cyclic N) is 1. The van der Waals surface area contributed by atoms with Crippen molar-refractivity contribution in [3.63, 3.8) is 0 Å². The van der Waals surface area contributed by atoms with Gasteiger partial charge >= 0.3 is 0 Å². The highest BCUT2D eigenvalue weighted by Crippen LogP contribution is 2.24.